The molecule has 8 nitrogen and oxygen atoms in total. The van der Waals surface area contributed by atoms with E-state index in [1.54, 1.807) is 6.20 Å². The predicted octanol–water partition coefficient (Wildman–Crippen LogP) is 2.98. The maximum absolute atomic E-state index is 4.89. The second kappa shape index (κ2) is 7.70. The molecule has 31 heavy (non-hydrogen) atoms. The first kappa shape index (κ1) is 19.6. The molecule has 5 heterocycles. The fraction of sp³-hybridized carbons (Fsp3) is 0.348. The van der Waals surface area contributed by atoms with Crippen molar-refractivity contribution < 1.29 is 0 Å². The van der Waals surface area contributed by atoms with Crippen LogP contribution in [0.4, 0.5) is 5.82 Å². The molecule has 0 amide bonds. The molecule has 1 saturated heterocycles. The van der Waals surface area contributed by atoms with Crippen molar-refractivity contribution in [3.63, 3.8) is 0 Å². The maximum atomic E-state index is 4.89. The van der Waals surface area contributed by atoms with Gasteiger partial charge in [0.15, 0.2) is 5.82 Å². The molecule has 1 N–H and O–H groups in total. The first-order chi connectivity index (χ1) is 15.0. The van der Waals surface area contributed by atoms with E-state index in [4.69, 9.17) is 9.97 Å². The van der Waals surface area contributed by atoms with Gasteiger partial charge in [0, 0.05) is 49.4 Å². The summed E-state index contributed by atoms with van der Waals surface area (Å²) in [6, 6.07) is 8.09. The molecule has 4 aromatic rings. The Balaban J connectivity index is 1.55. The van der Waals surface area contributed by atoms with Crippen LogP contribution in [0.5, 0.6) is 0 Å². The number of hydrogen-bond acceptors (Lipinski definition) is 7. The van der Waals surface area contributed by atoms with Gasteiger partial charge in [0.2, 0.25) is 0 Å². The van der Waals surface area contributed by atoms with E-state index < -0.39 is 0 Å². The quantitative estimate of drug-likeness (QED) is 0.552. The lowest BCUT2D eigenvalue weighted by molar-refractivity contribution is 0.566. The SMILES string of the molecule is CC(C)(C)c1cncc(-c2cc3c(cn2)cnn3-c2cccc(N3CCNCC3)n2)n1. The Kier molecular flexibility index (Phi) is 4.86. The minimum Gasteiger partial charge on any atom is -0.354 e. The zero-order valence-corrected chi connectivity index (χ0v) is 18.1. The highest BCUT2D eigenvalue weighted by Gasteiger charge is 2.18. The van der Waals surface area contributed by atoms with Crippen molar-refractivity contribution in [2.24, 2.45) is 0 Å². The summed E-state index contributed by atoms with van der Waals surface area (Å²) in [5.74, 6) is 1.76. The van der Waals surface area contributed by atoms with Crippen LogP contribution in [0.3, 0.4) is 0 Å². The van der Waals surface area contributed by atoms with E-state index in [0.717, 1.165) is 65.8 Å². The number of piperazine rings is 1. The lowest BCUT2D eigenvalue weighted by atomic mass is 9.92. The first-order valence-corrected chi connectivity index (χ1v) is 10.6. The van der Waals surface area contributed by atoms with Crippen LogP contribution in [-0.4, -0.2) is 55.9 Å². The highest BCUT2D eigenvalue weighted by molar-refractivity contribution is 5.82. The molecule has 1 aliphatic heterocycles. The van der Waals surface area contributed by atoms with Crippen LogP contribution in [-0.2, 0) is 5.41 Å². The highest BCUT2D eigenvalue weighted by Crippen LogP contribution is 2.25. The summed E-state index contributed by atoms with van der Waals surface area (Å²) >= 11 is 0. The van der Waals surface area contributed by atoms with Gasteiger partial charge in [-0.2, -0.15) is 5.10 Å². The number of pyridine rings is 2. The largest absolute Gasteiger partial charge is 0.354 e. The maximum Gasteiger partial charge on any atom is 0.156 e. The van der Waals surface area contributed by atoms with Crippen LogP contribution in [0.15, 0.2) is 49.1 Å². The van der Waals surface area contributed by atoms with Crippen LogP contribution in [0.25, 0.3) is 28.1 Å². The second-order valence-electron chi connectivity index (χ2n) is 8.82. The van der Waals surface area contributed by atoms with Gasteiger partial charge in [-0.1, -0.05) is 26.8 Å². The fourth-order valence-corrected chi connectivity index (χ4v) is 3.69. The molecule has 1 aliphatic rings. The van der Waals surface area contributed by atoms with Gasteiger partial charge in [-0.15, -0.1) is 0 Å². The normalized spacial score (nSPS) is 14.9. The molecule has 0 aliphatic carbocycles. The van der Waals surface area contributed by atoms with E-state index in [0.29, 0.717) is 0 Å². The highest BCUT2D eigenvalue weighted by atomic mass is 15.3. The van der Waals surface area contributed by atoms with Crippen LogP contribution < -0.4 is 10.2 Å². The number of nitrogens with zero attached hydrogens (tertiary/aromatic N) is 7. The summed E-state index contributed by atoms with van der Waals surface area (Å²) in [7, 11) is 0. The van der Waals surface area contributed by atoms with Crippen molar-refractivity contribution in [2.75, 3.05) is 31.1 Å². The van der Waals surface area contributed by atoms with Crippen molar-refractivity contribution in [3.8, 4) is 17.2 Å². The van der Waals surface area contributed by atoms with Crippen molar-refractivity contribution in [2.45, 2.75) is 26.2 Å². The van der Waals surface area contributed by atoms with E-state index in [9.17, 15) is 0 Å². The Morgan fingerprint density at radius 1 is 0.903 bits per heavy atom. The molecule has 4 aromatic heterocycles. The Hall–Kier alpha value is -3.39. The number of aromatic nitrogens is 6. The monoisotopic (exact) mass is 414 g/mol. The molecule has 1 fully saturated rings. The minimum absolute atomic E-state index is 0.0801. The molecule has 8 heteroatoms. The lowest BCUT2D eigenvalue weighted by Crippen LogP contribution is -2.43. The Morgan fingerprint density at radius 3 is 2.52 bits per heavy atom. The van der Waals surface area contributed by atoms with Gasteiger partial charge >= 0.3 is 0 Å². The summed E-state index contributed by atoms with van der Waals surface area (Å²) in [6.07, 6.45) is 7.23. The molecule has 0 spiro atoms. The van der Waals surface area contributed by atoms with E-state index in [1.807, 2.05) is 41.5 Å². The zero-order chi connectivity index (χ0) is 21.4. The summed E-state index contributed by atoms with van der Waals surface area (Å²) in [4.78, 5) is 21.0. The van der Waals surface area contributed by atoms with E-state index >= 15 is 0 Å². The summed E-state index contributed by atoms with van der Waals surface area (Å²) in [6.45, 7) is 10.2. The van der Waals surface area contributed by atoms with Gasteiger partial charge in [-0.05, 0) is 18.2 Å². The Labute approximate surface area is 181 Å². The molecule has 0 radical (unpaired) electrons. The fourth-order valence-electron chi connectivity index (χ4n) is 3.69. The predicted molar refractivity (Wildman–Crippen MR) is 121 cm³/mol. The number of fused-ring (bicyclic) bond motifs is 1. The van der Waals surface area contributed by atoms with Gasteiger partial charge in [0.05, 0.1) is 29.3 Å². The van der Waals surface area contributed by atoms with Crippen molar-refractivity contribution in [3.05, 3.63) is 54.7 Å². The van der Waals surface area contributed by atoms with E-state index in [2.05, 4.69) is 52.1 Å². The van der Waals surface area contributed by atoms with Crippen molar-refractivity contribution in [1.29, 1.82) is 0 Å². The standard InChI is InChI=1S/C23H26N8/c1-23(2,3)20-15-25-14-18(28-20)17-11-19-16(12-26-17)13-27-31(19)22-6-4-5-21(29-22)30-9-7-24-8-10-30/h4-6,11-15,24H,7-10H2,1-3H3. The third-order valence-electron chi connectivity index (χ3n) is 5.50. The summed E-state index contributed by atoms with van der Waals surface area (Å²) < 4.78 is 1.87. The van der Waals surface area contributed by atoms with Crippen LogP contribution in [0, 0.1) is 0 Å². The lowest BCUT2D eigenvalue weighted by Gasteiger charge is -2.28. The second-order valence-corrected chi connectivity index (χ2v) is 8.82. The minimum atomic E-state index is -0.0801. The van der Waals surface area contributed by atoms with Gasteiger partial charge in [0.1, 0.15) is 11.5 Å². The molecule has 158 valence electrons. The van der Waals surface area contributed by atoms with E-state index in [-0.39, 0.29) is 5.41 Å². The van der Waals surface area contributed by atoms with Crippen LogP contribution in [0.2, 0.25) is 0 Å². The summed E-state index contributed by atoms with van der Waals surface area (Å²) in [5, 5.41) is 8.93. The molecule has 0 aromatic carbocycles. The summed E-state index contributed by atoms with van der Waals surface area (Å²) in [5.41, 5.74) is 3.32. The number of hydrogen-bond donors (Lipinski definition) is 1. The average Bonchev–Trinajstić information content (AvgIpc) is 3.23. The molecular weight excluding hydrogens is 388 g/mol. The average molecular weight is 415 g/mol. The van der Waals surface area contributed by atoms with Gasteiger partial charge in [-0.25, -0.2) is 14.6 Å². The smallest absolute Gasteiger partial charge is 0.156 e. The number of rotatable bonds is 3. The van der Waals surface area contributed by atoms with Gasteiger partial charge in [-0.3, -0.25) is 9.97 Å². The Bertz CT molecular complexity index is 1220. The number of nitrogens with one attached hydrogen (secondary N) is 1. The molecule has 0 atom stereocenters. The van der Waals surface area contributed by atoms with Gasteiger partial charge < -0.3 is 10.2 Å². The first-order valence-electron chi connectivity index (χ1n) is 10.6. The third-order valence-corrected chi connectivity index (χ3v) is 5.50. The zero-order valence-electron chi connectivity index (χ0n) is 18.1. The molecule has 0 unspecified atom stereocenters. The molecule has 0 bridgehead atoms. The van der Waals surface area contributed by atoms with Gasteiger partial charge in [0.25, 0.3) is 0 Å². The number of anilines is 1. The van der Waals surface area contributed by atoms with Crippen molar-refractivity contribution in [1.82, 2.24) is 35.0 Å². The molecule has 5 rings (SSSR count). The van der Waals surface area contributed by atoms with E-state index in [1.165, 1.54) is 0 Å². The topological polar surface area (TPSA) is 84.7 Å². The Morgan fingerprint density at radius 2 is 1.71 bits per heavy atom. The van der Waals surface area contributed by atoms with Crippen LogP contribution >= 0.6 is 0 Å². The third kappa shape index (κ3) is 3.86. The van der Waals surface area contributed by atoms with Crippen molar-refractivity contribution >= 4 is 16.7 Å². The molecule has 0 saturated carbocycles. The van der Waals surface area contributed by atoms with Crippen LogP contribution in [0.1, 0.15) is 26.5 Å². The molecular formula is C23H26N8.